The summed E-state index contributed by atoms with van der Waals surface area (Å²) in [5, 5.41) is 10.9. The summed E-state index contributed by atoms with van der Waals surface area (Å²) in [7, 11) is -3.56. The molecule has 2 bridgehead atoms. The number of anilines is 1. The van der Waals surface area contributed by atoms with Crippen molar-refractivity contribution in [2.24, 2.45) is 16.7 Å². The van der Waals surface area contributed by atoms with Crippen molar-refractivity contribution in [3.8, 4) is 0 Å². The second-order valence-corrected chi connectivity index (χ2v) is 10.9. The van der Waals surface area contributed by atoms with Gasteiger partial charge in [0.05, 0.1) is 11.1 Å². The number of rotatable bonds is 8. The van der Waals surface area contributed by atoms with Crippen LogP contribution in [0.5, 0.6) is 0 Å². The number of aromatic nitrogens is 2. The highest BCUT2D eigenvalue weighted by atomic mass is 32.2. The number of benzene rings is 1. The molecule has 9 heteroatoms. The Morgan fingerprint density at radius 2 is 1.90 bits per heavy atom. The second-order valence-electron chi connectivity index (χ2n) is 9.05. The Morgan fingerprint density at radius 3 is 2.57 bits per heavy atom. The molecule has 3 N–H and O–H groups in total. The van der Waals surface area contributed by atoms with Crippen LogP contribution in [0.3, 0.4) is 0 Å². The van der Waals surface area contributed by atoms with E-state index in [1.165, 1.54) is 0 Å². The fourth-order valence-corrected chi connectivity index (χ4v) is 7.14. The molecule has 30 heavy (non-hydrogen) atoms. The zero-order valence-corrected chi connectivity index (χ0v) is 18.1. The molecule has 2 aromatic rings. The normalized spacial score (nSPS) is 25.1. The molecule has 1 aromatic carbocycles. The molecule has 8 nitrogen and oxygen atoms in total. The van der Waals surface area contributed by atoms with Crippen molar-refractivity contribution in [2.75, 3.05) is 24.2 Å². The van der Waals surface area contributed by atoms with E-state index in [0.29, 0.717) is 42.9 Å². The summed E-state index contributed by atoms with van der Waals surface area (Å²) in [5.41, 5.74) is -1.26. The van der Waals surface area contributed by atoms with Crippen molar-refractivity contribution in [3.63, 3.8) is 0 Å². The van der Waals surface area contributed by atoms with Gasteiger partial charge in [-0.25, -0.2) is 18.2 Å². The van der Waals surface area contributed by atoms with Crippen LogP contribution in [0.1, 0.15) is 39.5 Å². The smallest absolute Gasteiger partial charge is 0.272 e. The van der Waals surface area contributed by atoms with E-state index in [1.54, 1.807) is 12.1 Å². The van der Waals surface area contributed by atoms with Gasteiger partial charge in [0.15, 0.2) is 5.82 Å². The second kappa shape index (κ2) is 7.46. The maximum absolute atomic E-state index is 12.7. The Kier molecular flexibility index (Phi) is 5.22. The third-order valence-corrected chi connectivity index (χ3v) is 8.76. The van der Waals surface area contributed by atoms with Crippen LogP contribution in [0.25, 0.3) is 10.8 Å². The van der Waals surface area contributed by atoms with E-state index in [9.17, 15) is 18.0 Å². The van der Waals surface area contributed by atoms with Crippen molar-refractivity contribution in [2.45, 2.75) is 39.5 Å². The van der Waals surface area contributed by atoms with E-state index in [0.717, 1.165) is 11.8 Å². The summed E-state index contributed by atoms with van der Waals surface area (Å²) in [4.78, 5) is 24.4. The molecule has 162 valence electrons. The first-order chi connectivity index (χ1) is 14.2. The van der Waals surface area contributed by atoms with Crippen molar-refractivity contribution < 1.29 is 13.2 Å². The lowest BCUT2D eigenvalue weighted by atomic mass is 9.70. The van der Waals surface area contributed by atoms with Gasteiger partial charge in [-0.2, -0.15) is 5.10 Å². The Balaban J connectivity index is 1.32. The van der Waals surface area contributed by atoms with E-state index in [1.807, 2.05) is 26.0 Å². The van der Waals surface area contributed by atoms with E-state index >= 15 is 0 Å². The zero-order valence-electron chi connectivity index (χ0n) is 17.3. The minimum absolute atomic E-state index is 0.104. The van der Waals surface area contributed by atoms with Gasteiger partial charge in [-0.05, 0) is 36.7 Å². The van der Waals surface area contributed by atoms with Crippen LogP contribution in [0.2, 0.25) is 0 Å². The van der Waals surface area contributed by atoms with Gasteiger partial charge in [0, 0.05) is 30.3 Å². The molecular formula is C21H28N4O4S. The lowest BCUT2D eigenvalue weighted by Gasteiger charge is -2.36. The maximum atomic E-state index is 12.7. The highest BCUT2D eigenvalue weighted by molar-refractivity contribution is 7.89. The van der Waals surface area contributed by atoms with E-state index in [2.05, 4.69) is 20.2 Å². The average Bonchev–Trinajstić information content (AvgIpc) is 3.03. The molecular weight excluding hydrogens is 404 g/mol. The van der Waals surface area contributed by atoms with Crippen LogP contribution in [0.15, 0.2) is 29.1 Å². The zero-order chi connectivity index (χ0) is 21.6. The third kappa shape index (κ3) is 3.43. The molecule has 2 aliphatic carbocycles. The number of fused-ring (bicyclic) bond motifs is 3. The van der Waals surface area contributed by atoms with Crippen molar-refractivity contribution in [1.82, 2.24) is 14.9 Å². The number of hydrogen-bond acceptors (Lipinski definition) is 6. The highest BCUT2D eigenvalue weighted by Gasteiger charge is 2.65. The fourth-order valence-electron chi connectivity index (χ4n) is 5.26. The molecule has 4 rings (SSSR count). The summed E-state index contributed by atoms with van der Waals surface area (Å²) in [6.45, 7) is 4.83. The quantitative estimate of drug-likeness (QED) is 0.549. The van der Waals surface area contributed by atoms with E-state index in [4.69, 9.17) is 0 Å². The lowest BCUT2D eigenvalue weighted by molar-refractivity contribution is -0.128. The van der Waals surface area contributed by atoms with Crippen molar-refractivity contribution >= 4 is 32.4 Å². The number of carbonyl (C=O) groups is 1. The predicted octanol–water partition coefficient (Wildman–Crippen LogP) is 2.04. The number of ketones is 1. The van der Waals surface area contributed by atoms with Gasteiger partial charge in [0.2, 0.25) is 10.0 Å². The van der Waals surface area contributed by atoms with Crippen LogP contribution in [-0.4, -0.2) is 43.2 Å². The standard InChI is InChI=1S/C21H28N4O4S/c1-20(2)14-8-9-21(20,17(26)12-14)13-30(28,29)23-11-5-10-22-18-15-6-3-4-7-16(15)19(27)25-24-18/h3-4,6-7,14,23H,5,8-13H2,1-2H3,(H,22,24)(H,25,27). The van der Waals surface area contributed by atoms with Crippen molar-refractivity contribution in [3.05, 3.63) is 34.6 Å². The van der Waals surface area contributed by atoms with Gasteiger partial charge in [-0.1, -0.05) is 32.0 Å². The van der Waals surface area contributed by atoms with Crippen molar-refractivity contribution in [1.29, 1.82) is 0 Å². The number of carbonyl (C=O) groups excluding carboxylic acids is 1. The third-order valence-electron chi connectivity index (χ3n) is 7.24. The highest BCUT2D eigenvalue weighted by Crippen LogP contribution is 2.64. The summed E-state index contributed by atoms with van der Waals surface area (Å²) in [6.07, 6.45) is 2.64. The van der Waals surface area contributed by atoms with Gasteiger partial charge in [0.25, 0.3) is 5.56 Å². The molecule has 1 aromatic heterocycles. The number of sulfonamides is 1. The Hall–Kier alpha value is -2.26. The topological polar surface area (TPSA) is 121 Å². The summed E-state index contributed by atoms with van der Waals surface area (Å²) in [5.74, 6) is 0.833. The molecule has 0 amide bonds. The van der Waals surface area contributed by atoms with Crippen LogP contribution in [0.4, 0.5) is 5.82 Å². The van der Waals surface area contributed by atoms with Gasteiger partial charge in [-0.3, -0.25) is 9.59 Å². The Morgan fingerprint density at radius 1 is 1.17 bits per heavy atom. The molecule has 2 atom stereocenters. The molecule has 2 unspecified atom stereocenters. The molecule has 0 aliphatic heterocycles. The molecule has 2 saturated carbocycles. The van der Waals surface area contributed by atoms with E-state index < -0.39 is 15.4 Å². The molecule has 1 heterocycles. The molecule has 0 spiro atoms. The number of hydrogen-bond donors (Lipinski definition) is 3. The van der Waals surface area contributed by atoms with Gasteiger partial charge >= 0.3 is 0 Å². The Labute approximate surface area is 175 Å². The minimum Gasteiger partial charge on any atom is -0.368 e. The summed E-state index contributed by atoms with van der Waals surface area (Å²) >= 11 is 0. The monoisotopic (exact) mass is 432 g/mol. The van der Waals surface area contributed by atoms with Gasteiger partial charge in [0.1, 0.15) is 5.78 Å². The number of H-pyrrole nitrogens is 1. The minimum atomic E-state index is -3.56. The summed E-state index contributed by atoms with van der Waals surface area (Å²) in [6, 6.07) is 7.17. The number of nitrogens with one attached hydrogen (secondary N) is 3. The number of nitrogens with zero attached hydrogens (tertiary/aromatic N) is 1. The Bertz CT molecular complexity index is 1140. The SMILES string of the molecule is CC1(C)C2CCC1(CS(=O)(=O)NCCCNc1n[nH]c(=O)c3ccccc13)C(=O)C2. The average molecular weight is 433 g/mol. The van der Waals surface area contributed by atoms with Crippen LogP contribution in [-0.2, 0) is 14.8 Å². The lowest BCUT2D eigenvalue weighted by Crippen LogP contribution is -2.45. The first kappa shape index (κ1) is 21.0. The van der Waals surface area contributed by atoms with Crippen LogP contribution in [0, 0.1) is 16.7 Å². The van der Waals surface area contributed by atoms with Gasteiger partial charge in [-0.15, -0.1) is 0 Å². The predicted molar refractivity (Wildman–Crippen MR) is 116 cm³/mol. The molecule has 2 fully saturated rings. The van der Waals surface area contributed by atoms with Crippen LogP contribution < -0.4 is 15.6 Å². The largest absolute Gasteiger partial charge is 0.368 e. The van der Waals surface area contributed by atoms with E-state index in [-0.39, 0.29) is 29.1 Å². The fraction of sp³-hybridized carbons (Fsp3) is 0.571. The molecule has 2 aliphatic rings. The van der Waals surface area contributed by atoms with Crippen LogP contribution >= 0.6 is 0 Å². The first-order valence-corrected chi connectivity index (χ1v) is 12.0. The first-order valence-electron chi connectivity index (χ1n) is 10.4. The molecule has 0 saturated heterocycles. The number of aromatic amines is 1. The maximum Gasteiger partial charge on any atom is 0.272 e. The number of Topliss-reactive ketones (excluding diaryl/α,β-unsaturated/α-hetero) is 1. The van der Waals surface area contributed by atoms with Gasteiger partial charge < -0.3 is 5.32 Å². The summed E-state index contributed by atoms with van der Waals surface area (Å²) < 4.78 is 28.1. The molecule has 0 radical (unpaired) electrons.